The minimum atomic E-state index is -0.430. The molecule has 0 spiro atoms. The van der Waals surface area contributed by atoms with Gasteiger partial charge in [0.1, 0.15) is 0 Å². The summed E-state index contributed by atoms with van der Waals surface area (Å²) < 4.78 is 10.5. The van der Waals surface area contributed by atoms with Crippen LogP contribution in [0.1, 0.15) is 31.8 Å². The molecule has 0 aromatic heterocycles. The Kier molecular flexibility index (Phi) is 6.38. The number of nitrogens with zero attached hydrogens (tertiary/aromatic N) is 1. The van der Waals surface area contributed by atoms with E-state index in [1.54, 1.807) is 75.8 Å². The van der Waals surface area contributed by atoms with Crippen LogP contribution in [0.15, 0.2) is 60.7 Å². The Morgan fingerprint density at radius 3 is 2.35 bits per heavy atom. The average molecular weight is 477 g/mol. The van der Waals surface area contributed by atoms with Crippen molar-refractivity contribution in [2.45, 2.75) is 6.92 Å². The maximum atomic E-state index is 12.8. The minimum absolute atomic E-state index is 0.273. The first-order valence-electron chi connectivity index (χ1n) is 10.3. The zero-order valence-electron chi connectivity index (χ0n) is 18.7. The fourth-order valence-electron chi connectivity index (χ4n) is 3.73. The second-order valence-electron chi connectivity index (χ2n) is 7.57. The Morgan fingerprint density at radius 2 is 1.65 bits per heavy atom. The van der Waals surface area contributed by atoms with Crippen LogP contribution in [0.25, 0.3) is 6.08 Å². The van der Waals surface area contributed by atoms with E-state index in [1.807, 2.05) is 0 Å². The smallest absolute Gasteiger partial charge is 0.266 e. The number of fused-ring (bicyclic) bond motifs is 1. The summed E-state index contributed by atoms with van der Waals surface area (Å²) in [6.07, 6.45) is 3.06. The highest BCUT2D eigenvalue weighted by Gasteiger charge is 2.37. The molecule has 1 heterocycles. The maximum absolute atomic E-state index is 12.8. The second kappa shape index (κ2) is 9.41. The van der Waals surface area contributed by atoms with Crippen molar-refractivity contribution in [3.8, 4) is 11.5 Å². The van der Waals surface area contributed by atoms with Crippen molar-refractivity contribution >= 4 is 46.8 Å². The first-order chi connectivity index (χ1) is 16.3. The van der Waals surface area contributed by atoms with Crippen molar-refractivity contribution in [2.24, 2.45) is 0 Å². The molecule has 1 aliphatic heterocycles. The lowest BCUT2D eigenvalue weighted by atomic mass is 10.1. The molecular weight excluding hydrogens is 456 g/mol. The average Bonchev–Trinajstić information content (AvgIpc) is 3.07. The van der Waals surface area contributed by atoms with Crippen LogP contribution in [-0.2, 0) is 4.79 Å². The van der Waals surface area contributed by atoms with Gasteiger partial charge < -0.3 is 14.8 Å². The van der Waals surface area contributed by atoms with Crippen molar-refractivity contribution in [2.75, 3.05) is 24.4 Å². The van der Waals surface area contributed by atoms with Gasteiger partial charge in [0.2, 0.25) is 5.91 Å². The van der Waals surface area contributed by atoms with Gasteiger partial charge in [0, 0.05) is 16.8 Å². The van der Waals surface area contributed by atoms with Crippen LogP contribution in [0.5, 0.6) is 11.5 Å². The first-order valence-corrected chi connectivity index (χ1v) is 10.7. The number of hydrogen-bond acceptors (Lipinski definition) is 5. The molecule has 172 valence electrons. The molecule has 8 heteroatoms. The van der Waals surface area contributed by atoms with Crippen molar-refractivity contribution in [3.63, 3.8) is 0 Å². The standard InChI is InChI=1S/C26H21ClN2O5/c1-15-12-18(28-24(30)11-5-16-4-10-22(33-2)23(13-16)34-3)7-9-21(15)29-25(31)19-8-6-17(27)14-20(19)26(29)32/h4-14H,1-3H3,(H,28,30)/b11-5+. The molecule has 0 saturated heterocycles. The molecule has 0 atom stereocenters. The molecule has 0 unspecified atom stereocenters. The summed E-state index contributed by atoms with van der Waals surface area (Å²) in [5.74, 6) is -0.0144. The third-order valence-corrected chi connectivity index (χ3v) is 5.62. The van der Waals surface area contributed by atoms with Crippen LogP contribution in [0, 0.1) is 6.92 Å². The van der Waals surface area contributed by atoms with Crippen LogP contribution in [0.4, 0.5) is 11.4 Å². The van der Waals surface area contributed by atoms with Gasteiger partial charge in [-0.2, -0.15) is 0 Å². The molecule has 0 radical (unpaired) electrons. The minimum Gasteiger partial charge on any atom is -0.493 e. The number of amides is 3. The third-order valence-electron chi connectivity index (χ3n) is 5.39. The number of benzene rings is 3. The molecule has 0 saturated carbocycles. The summed E-state index contributed by atoms with van der Waals surface area (Å²) in [6.45, 7) is 1.76. The van der Waals surface area contributed by atoms with E-state index in [1.165, 1.54) is 12.1 Å². The lowest BCUT2D eigenvalue weighted by Crippen LogP contribution is -2.30. The number of carbonyl (C=O) groups excluding carboxylic acids is 3. The summed E-state index contributed by atoms with van der Waals surface area (Å²) in [6, 6.07) is 14.9. The number of methoxy groups -OCH3 is 2. The third kappa shape index (κ3) is 4.38. The van der Waals surface area contributed by atoms with E-state index < -0.39 is 11.8 Å². The number of nitrogens with one attached hydrogen (secondary N) is 1. The predicted octanol–water partition coefficient (Wildman–Crippen LogP) is 5.12. The zero-order chi connectivity index (χ0) is 24.4. The fourth-order valence-corrected chi connectivity index (χ4v) is 3.90. The first kappa shape index (κ1) is 23.1. The molecule has 1 N–H and O–H groups in total. The number of aryl methyl sites for hydroxylation is 1. The molecule has 3 amide bonds. The maximum Gasteiger partial charge on any atom is 0.266 e. The summed E-state index contributed by atoms with van der Waals surface area (Å²) in [7, 11) is 3.10. The highest BCUT2D eigenvalue weighted by atomic mass is 35.5. The SMILES string of the molecule is COc1ccc(/C=C/C(=O)Nc2ccc(N3C(=O)c4ccc(Cl)cc4C3=O)c(C)c2)cc1OC. The van der Waals surface area contributed by atoms with Gasteiger partial charge in [-0.1, -0.05) is 17.7 Å². The number of hydrogen-bond donors (Lipinski definition) is 1. The molecule has 1 aliphatic rings. The van der Waals surface area contributed by atoms with Gasteiger partial charge in [0.05, 0.1) is 31.0 Å². The zero-order valence-corrected chi connectivity index (χ0v) is 19.5. The van der Waals surface area contributed by atoms with E-state index in [4.69, 9.17) is 21.1 Å². The van der Waals surface area contributed by atoms with Gasteiger partial charge in [-0.15, -0.1) is 0 Å². The Balaban J connectivity index is 1.49. The monoisotopic (exact) mass is 476 g/mol. The largest absolute Gasteiger partial charge is 0.493 e. The van der Waals surface area contributed by atoms with Crippen molar-refractivity contribution in [1.29, 1.82) is 0 Å². The number of anilines is 2. The highest BCUT2D eigenvalue weighted by Crippen LogP contribution is 2.33. The van der Waals surface area contributed by atoms with Gasteiger partial charge in [-0.3, -0.25) is 14.4 Å². The number of carbonyl (C=O) groups is 3. The molecule has 4 rings (SSSR count). The summed E-state index contributed by atoms with van der Waals surface area (Å²) in [5, 5.41) is 3.17. The molecule has 7 nitrogen and oxygen atoms in total. The van der Waals surface area contributed by atoms with Crippen LogP contribution in [-0.4, -0.2) is 31.9 Å². The Labute approximate surface area is 201 Å². The molecule has 3 aromatic rings. The van der Waals surface area contributed by atoms with Gasteiger partial charge >= 0.3 is 0 Å². The number of rotatable bonds is 6. The molecule has 0 bridgehead atoms. The van der Waals surface area contributed by atoms with E-state index in [0.717, 1.165) is 10.5 Å². The summed E-state index contributed by atoms with van der Waals surface area (Å²) in [4.78, 5) is 39.2. The number of halogens is 1. The van der Waals surface area contributed by atoms with Crippen LogP contribution in [0.3, 0.4) is 0 Å². The second-order valence-corrected chi connectivity index (χ2v) is 8.01. The fraction of sp³-hybridized carbons (Fsp3) is 0.115. The van der Waals surface area contributed by atoms with Crippen LogP contribution in [0.2, 0.25) is 5.02 Å². The molecule has 34 heavy (non-hydrogen) atoms. The number of ether oxygens (including phenoxy) is 2. The highest BCUT2D eigenvalue weighted by molar-refractivity contribution is 6.37. The topological polar surface area (TPSA) is 84.9 Å². The van der Waals surface area contributed by atoms with Gasteiger partial charge in [0.15, 0.2) is 11.5 Å². The van der Waals surface area contributed by atoms with Crippen LogP contribution < -0.4 is 19.7 Å². The van der Waals surface area contributed by atoms with E-state index in [0.29, 0.717) is 39.0 Å². The van der Waals surface area contributed by atoms with Gasteiger partial charge in [-0.25, -0.2) is 4.90 Å². The van der Waals surface area contributed by atoms with Crippen molar-refractivity contribution in [1.82, 2.24) is 0 Å². The number of imide groups is 1. The summed E-state index contributed by atoms with van der Waals surface area (Å²) in [5.41, 5.74) is 2.98. The van der Waals surface area contributed by atoms with E-state index in [9.17, 15) is 14.4 Å². The predicted molar refractivity (Wildman–Crippen MR) is 131 cm³/mol. The summed E-state index contributed by atoms with van der Waals surface area (Å²) >= 11 is 5.98. The van der Waals surface area contributed by atoms with E-state index in [-0.39, 0.29) is 11.5 Å². The molecule has 3 aromatic carbocycles. The van der Waals surface area contributed by atoms with E-state index in [2.05, 4.69) is 5.32 Å². The quantitative estimate of drug-likeness (QED) is 0.394. The van der Waals surface area contributed by atoms with Crippen molar-refractivity contribution in [3.05, 3.63) is 87.9 Å². The Morgan fingerprint density at radius 1 is 0.912 bits per heavy atom. The molecule has 0 fully saturated rings. The normalized spacial score (nSPS) is 12.8. The van der Waals surface area contributed by atoms with Crippen LogP contribution >= 0.6 is 11.6 Å². The molecular formula is C26H21ClN2O5. The van der Waals surface area contributed by atoms with Crippen molar-refractivity contribution < 1.29 is 23.9 Å². The Hall–Kier alpha value is -4.10. The van der Waals surface area contributed by atoms with Gasteiger partial charge in [0.25, 0.3) is 11.8 Å². The lowest BCUT2D eigenvalue weighted by Gasteiger charge is -2.17. The Bertz CT molecular complexity index is 1350. The lowest BCUT2D eigenvalue weighted by molar-refractivity contribution is -0.111. The molecule has 0 aliphatic carbocycles. The van der Waals surface area contributed by atoms with E-state index >= 15 is 0 Å². The van der Waals surface area contributed by atoms with Gasteiger partial charge in [-0.05, 0) is 72.7 Å².